The molecule has 1 aliphatic heterocycles. The number of fused-ring (bicyclic) bond motifs is 7. The van der Waals surface area contributed by atoms with E-state index in [-0.39, 0.29) is 0 Å². The van der Waals surface area contributed by atoms with Gasteiger partial charge in [0.15, 0.2) is 0 Å². The molecule has 0 saturated heterocycles. The molecule has 0 saturated carbocycles. The van der Waals surface area contributed by atoms with Crippen molar-refractivity contribution in [3.63, 3.8) is 0 Å². The largest absolute Gasteiger partial charge is 0.455 e. The Kier molecular flexibility index (Phi) is 14.4. The van der Waals surface area contributed by atoms with Crippen LogP contribution in [0.25, 0.3) is 75.5 Å². The van der Waals surface area contributed by atoms with Crippen LogP contribution in [0, 0.1) is 13.8 Å². The van der Waals surface area contributed by atoms with Gasteiger partial charge in [0, 0.05) is 54.4 Å². The number of allylic oxidation sites excluding steroid dienone is 8. The fourth-order valence-electron chi connectivity index (χ4n) is 9.13. The second-order valence-corrected chi connectivity index (χ2v) is 18.8. The van der Waals surface area contributed by atoms with Gasteiger partial charge in [-0.3, -0.25) is 0 Å². The maximum absolute atomic E-state index is 6.09. The average Bonchev–Trinajstić information content (AvgIpc) is 3.99. The maximum atomic E-state index is 6.09. The summed E-state index contributed by atoms with van der Waals surface area (Å²) >= 11 is 1.89. The molecule has 3 heterocycles. The van der Waals surface area contributed by atoms with Gasteiger partial charge in [-0.1, -0.05) is 213 Å². The van der Waals surface area contributed by atoms with Gasteiger partial charge < -0.3 is 9.32 Å². The van der Waals surface area contributed by atoms with E-state index in [1.165, 1.54) is 98.0 Å². The zero-order valence-corrected chi connectivity index (χ0v) is 41.2. The summed E-state index contributed by atoms with van der Waals surface area (Å²) in [6, 6.07) is 63.0. The number of rotatable bonds is 7. The van der Waals surface area contributed by atoms with Crippen molar-refractivity contribution in [2.45, 2.75) is 47.5 Å². The Morgan fingerprint density at radius 3 is 1.96 bits per heavy atom. The monoisotopic (exact) mass is 913 g/mol. The summed E-state index contributed by atoms with van der Waals surface area (Å²) in [5, 5.41) is 5.09. The van der Waals surface area contributed by atoms with Crippen LogP contribution in [-0.4, -0.2) is 6.54 Å². The molecule has 3 heteroatoms. The fourth-order valence-corrected chi connectivity index (χ4v) is 10.4. The summed E-state index contributed by atoms with van der Waals surface area (Å²) in [6.45, 7) is 15.4. The molecule has 0 spiro atoms. The van der Waals surface area contributed by atoms with E-state index in [1.807, 2.05) is 35.6 Å². The standard InChI is InChI=1S/C27H29N.C20H16O.C19H14S/c1-5-10-22(3)19-23(4)28-18-9-7-6-8-11-26-20-25(16-17-27(26)28)24-14-12-21(2)13-15-24;1-2-14-10-12-15(13-11-14)16-7-5-8-18-17-6-3-4-9-19(17)21-20(16)18;1-13-9-11-14(12-10-13)15-6-4-7-17-16-5-2-3-8-18(16)20-19(15)17/h5-10,12-17,19-20H,1,11,18H2,2-4H3;3-13H,2H2,1H3;2-12H,1H3/b8-6-,9-7-,22-10-,23-19+;;. The Balaban J connectivity index is 0.000000131. The summed E-state index contributed by atoms with van der Waals surface area (Å²) in [5.41, 5.74) is 18.4. The Morgan fingerprint density at radius 1 is 0.609 bits per heavy atom. The smallest absolute Gasteiger partial charge is 0.143 e. The molecule has 0 radical (unpaired) electrons. The van der Waals surface area contributed by atoms with Crippen LogP contribution in [0.5, 0.6) is 0 Å². The molecule has 11 rings (SSSR count). The lowest BCUT2D eigenvalue weighted by atomic mass is 9.98. The lowest BCUT2D eigenvalue weighted by molar-refractivity contribution is 0.670. The van der Waals surface area contributed by atoms with Crippen LogP contribution in [0.15, 0.2) is 241 Å². The number of hydrogen-bond donors (Lipinski definition) is 0. The van der Waals surface area contributed by atoms with Crippen LogP contribution >= 0.6 is 11.3 Å². The number of benzene rings is 8. The van der Waals surface area contributed by atoms with Crippen molar-refractivity contribution >= 4 is 59.1 Å². The van der Waals surface area contributed by atoms with Crippen LogP contribution < -0.4 is 4.90 Å². The third kappa shape index (κ3) is 10.6. The molecule has 0 fully saturated rings. The molecule has 2 nitrogen and oxygen atoms in total. The topological polar surface area (TPSA) is 16.4 Å². The first-order chi connectivity index (χ1) is 33.8. The molecule has 0 atom stereocenters. The zero-order valence-electron chi connectivity index (χ0n) is 40.4. The first-order valence-corrected chi connectivity index (χ1v) is 24.8. The summed E-state index contributed by atoms with van der Waals surface area (Å²) in [4.78, 5) is 2.39. The number of aryl methyl sites for hydroxylation is 3. The fraction of sp³-hybridized carbons (Fsp3) is 0.121. The molecule has 8 aromatic carbocycles. The van der Waals surface area contributed by atoms with Gasteiger partial charge in [-0.05, 0) is 115 Å². The van der Waals surface area contributed by atoms with Crippen LogP contribution in [0.4, 0.5) is 5.69 Å². The van der Waals surface area contributed by atoms with Gasteiger partial charge in [0.25, 0.3) is 0 Å². The van der Waals surface area contributed by atoms with E-state index in [2.05, 4.69) is 240 Å². The molecule has 2 aromatic heterocycles. The van der Waals surface area contributed by atoms with Crippen LogP contribution in [0.1, 0.15) is 43.0 Å². The number of nitrogens with zero attached hydrogens (tertiary/aromatic N) is 1. The zero-order chi connectivity index (χ0) is 47.7. The minimum absolute atomic E-state index is 0.852. The summed E-state index contributed by atoms with van der Waals surface area (Å²) < 4.78 is 8.84. The van der Waals surface area contributed by atoms with E-state index in [9.17, 15) is 0 Å². The number of para-hydroxylation sites is 2. The van der Waals surface area contributed by atoms with Gasteiger partial charge in [0.1, 0.15) is 11.2 Å². The van der Waals surface area contributed by atoms with E-state index in [1.54, 1.807) is 0 Å². The van der Waals surface area contributed by atoms with E-state index in [0.29, 0.717) is 0 Å². The number of thiophene rings is 1. The van der Waals surface area contributed by atoms with Gasteiger partial charge in [0.2, 0.25) is 0 Å². The highest BCUT2D eigenvalue weighted by Gasteiger charge is 2.15. The van der Waals surface area contributed by atoms with E-state index in [4.69, 9.17) is 4.42 Å². The van der Waals surface area contributed by atoms with E-state index < -0.39 is 0 Å². The Morgan fingerprint density at radius 2 is 1.22 bits per heavy atom. The summed E-state index contributed by atoms with van der Waals surface area (Å²) in [7, 11) is 0. The van der Waals surface area contributed by atoms with Crippen molar-refractivity contribution in [3.8, 4) is 33.4 Å². The van der Waals surface area contributed by atoms with Crippen LogP contribution in [0.2, 0.25) is 0 Å². The molecule has 1 aliphatic rings. The highest BCUT2D eigenvalue weighted by atomic mass is 32.1. The minimum atomic E-state index is 0.852. The van der Waals surface area contributed by atoms with Gasteiger partial charge in [-0.2, -0.15) is 0 Å². The first kappa shape index (κ1) is 46.4. The molecule has 0 N–H and O–H groups in total. The third-order valence-corrected chi connectivity index (χ3v) is 14.1. The van der Waals surface area contributed by atoms with Crippen molar-refractivity contribution in [2.75, 3.05) is 11.4 Å². The van der Waals surface area contributed by atoms with Gasteiger partial charge in [-0.15, -0.1) is 11.3 Å². The minimum Gasteiger partial charge on any atom is -0.455 e. The Hall–Kier alpha value is -7.72. The van der Waals surface area contributed by atoms with Crippen molar-refractivity contribution < 1.29 is 4.42 Å². The van der Waals surface area contributed by atoms with Crippen LogP contribution in [0.3, 0.4) is 0 Å². The molecule has 0 bridgehead atoms. The Bertz CT molecular complexity index is 3520. The van der Waals surface area contributed by atoms with Crippen molar-refractivity contribution in [1.82, 2.24) is 0 Å². The molecule has 340 valence electrons. The van der Waals surface area contributed by atoms with Crippen LogP contribution in [-0.2, 0) is 12.8 Å². The quantitative estimate of drug-likeness (QED) is 0.148. The number of anilines is 1. The predicted molar refractivity (Wildman–Crippen MR) is 302 cm³/mol. The molecular formula is C66H59NOS. The van der Waals surface area contributed by atoms with Gasteiger partial charge in [-0.25, -0.2) is 0 Å². The summed E-state index contributed by atoms with van der Waals surface area (Å²) in [6.07, 6.45) is 16.8. The van der Waals surface area contributed by atoms with E-state index >= 15 is 0 Å². The molecular weight excluding hydrogens is 855 g/mol. The summed E-state index contributed by atoms with van der Waals surface area (Å²) in [5.74, 6) is 0. The second kappa shape index (κ2) is 21.5. The number of hydrogen-bond acceptors (Lipinski definition) is 3. The Labute approximate surface area is 412 Å². The van der Waals surface area contributed by atoms with Crippen molar-refractivity contribution in [2.24, 2.45) is 0 Å². The number of furan rings is 1. The molecule has 10 aromatic rings. The SMILES string of the molecule is C=C/C=C(C)\C=C(/C)N1C/C=C\C=C/Cc2cc(-c3ccc(C)cc3)ccc21.CCc1ccc(-c2cccc3c2oc2ccccc23)cc1.Cc1ccc(-c2cccc3c2sc2ccccc23)cc1. The third-order valence-electron chi connectivity index (χ3n) is 12.9. The molecule has 0 aliphatic carbocycles. The van der Waals surface area contributed by atoms with Crippen molar-refractivity contribution in [1.29, 1.82) is 0 Å². The molecule has 0 unspecified atom stereocenters. The van der Waals surface area contributed by atoms with Gasteiger partial charge >= 0.3 is 0 Å². The molecule has 69 heavy (non-hydrogen) atoms. The lowest BCUT2D eigenvalue weighted by Crippen LogP contribution is -2.22. The first-order valence-electron chi connectivity index (χ1n) is 24.0. The second-order valence-electron chi connectivity index (χ2n) is 17.8. The van der Waals surface area contributed by atoms with Crippen molar-refractivity contribution in [3.05, 3.63) is 259 Å². The average molecular weight is 914 g/mol. The normalized spacial score (nSPS) is 13.7. The highest BCUT2D eigenvalue weighted by molar-refractivity contribution is 7.26. The maximum Gasteiger partial charge on any atom is 0.143 e. The highest BCUT2D eigenvalue weighted by Crippen LogP contribution is 2.40. The lowest BCUT2D eigenvalue weighted by Gasteiger charge is -2.27. The molecule has 0 amide bonds. The predicted octanol–water partition coefficient (Wildman–Crippen LogP) is 19.0. The van der Waals surface area contributed by atoms with E-state index in [0.717, 1.165) is 36.1 Å². The van der Waals surface area contributed by atoms with Gasteiger partial charge in [0.05, 0.1) is 0 Å².